The smallest absolute Gasteiger partial charge is 0.330 e. The number of hydrogen-bond donors (Lipinski definition) is 0. The summed E-state index contributed by atoms with van der Waals surface area (Å²) < 4.78 is 33.2. The molecular formula is C18H31NO5S2. The molecule has 1 aliphatic heterocycles. The molecule has 0 aromatic heterocycles. The summed E-state index contributed by atoms with van der Waals surface area (Å²) in [5.41, 5.74) is 0. The second-order valence-corrected chi connectivity index (χ2v) is 10.5. The van der Waals surface area contributed by atoms with Gasteiger partial charge in [-0.1, -0.05) is 26.0 Å². The molecule has 0 unspecified atom stereocenters. The van der Waals surface area contributed by atoms with Crippen LogP contribution in [0.2, 0.25) is 0 Å². The molecule has 1 aliphatic rings. The highest BCUT2D eigenvalue weighted by molar-refractivity contribution is 8.00. The first-order chi connectivity index (χ1) is 11.9. The van der Waals surface area contributed by atoms with Gasteiger partial charge in [0.25, 0.3) is 10.1 Å². The van der Waals surface area contributed by atoms with Crippen molar-refractivity contribution in [1.29, 1.82) is 0 Å². The van der Waals surface area contributed by atoms with Gasteiger partial charge in [0.15, 0.2) is 0 Å². The molecular weight excluding hydrogens is 374 g/mol. The SMILES string of the molecule is COC(=O)/C=C/[C@@H](OS(C)(=O)=O)[C@@H](/C=C/[C@@H]1CSC(C)(C)N1C)C(C)C. The zero-order chi connectivity index (χ0) is 20.1. The average Bonchev–Trinajstić information content (AvgIpc) is 2.77. The van der Waals surface area contributed by atoms with Gasteiger partial charge in [-0.25, -0.2) is 4.79 Å². The molecule has 1 heterocycles. The molecule has 0 amide bonds. The van der Waals surface area contributed by atoms with Gasteiger partial charge in [0.1, 0.15) is 6.10 Å². The molecule has 1 saturated heterocycles. The van der Waals surface area contributed by atoms with Gasteiger partial charge < -0.3 is 4.74 Å². The van der Waals surface area contributed by atoms with Gasteiger partial charge >= 0.3 is 5.97 Å². The summed E-state index contributed by atoms with van der Waals surface area (Å²) in [4.78, 5) is 13.8. The fraction of sp³-hybridized carbons (Fsp3) is 0.722. The molecule has 0 spiro atoms. The number of ether oxygens (including phenoxy) is 1. The fourth-order valence-corrected chi connectivity index (χ4v) is 4.57. The summed E-state index contributed by atoms with van der Waals surface area (Å²) in [5, 5.41) is 0. The Morgan fingerprint density at radius 1 is 1.31 bits per heavy atom. The van der Waals surface area contributed by atoms with Crippen LogP contribution in [0.4, 0.5) is 0 Å². The third kappa shape index (κ3) is 7.06. The van der Waals surface area contributed by atoms with Crippen molar-refractivity contribution in [2.75, 3.05) is 26.2 Å². The van der Waals surface area contributed by atoms with Crippen molar-refractivity contribution < 1.29 is 22.1 Å². The van der Waals surface area contributed by atoms with Crippen LogP contribution in [0, 0.1) is 11.8 Å². The molecule has 6 nitrogen and oxygen atoms in total. The summed E-state index contributed by atoms with van der Waals surface area (Å²) in [6.45, 7) is 8.35. The highest BCUT2D eigenvalue weighted by atomic mass is 32.2. The summed E-state index contributed by atoms with van der Waals surface area (Å²) in [5.74, 6) is 0.341. The molecule has 0 saturated carbocycles. The van der Waals surface area contributed by atoms with Crippen LogP contribution >= 0.6 is 11.8 Å². The average molecular weight is 406 g/mol. The predicted octanol–water partition coefficient (Wildman–Crippen LogP) is 2.67. The number of esters is 1. The molecule has 0 aromatic rings. The Labute approximate surface area is 162 Å². The van der Waals surface area contributed by atoms with Crippen LogP contribution in [0.1, 0.15) is 27.7 Å². The van der Waals surface area contributed by atoms with Gasteiger partial charge in [0, 0.05) is 23.8 Å². The summed E-state index contributed by atoms with van der Waals surface area (Å²) in [6, 6.07) is 0.264. The topological polar surface area (TPSA) is 72.9 Å². The quantitative estimate of drug-likeness (QED) is 0.266. The number of nitrogens with zero attached hydrogens (tertiary/aromatic N) is 1. The number of methoxy groups -OCH3 is 1. The van der Waals surface area contributed by atoms with Crippen LogP contribution in [0.3, 0.4) is 0 Å². The Hall–Kier alpha value is -0.830. The van der Waals surface area contributed by atoms with Gasteiger partial charge in [-0.3, -0.25) is 9.08 Å². The number of hydrogen-bond acceptors (Lipinski definition) is 7. The first-order valence-corrected chi connectivity index (χ1v) is 11.4. The van der Waals surface area contributed by atoms with E-state index in [-0.39, 0.29) is 22.7 Å². The summed E-state index contributed by atoms with van der Waals surface area (Å²) in [7, 11) is -0.319. The van der Waals surface area contributed by atoms with Crippen LogP contribution in [-0.4, -0.2) is 62.5 Å². The van der Waals surface area contributed by atoms with E-state index in [0.29, 0.717) is 0 Å². The number of rotatable bonds is 8. The van der Waals surface area contributed by atoms with Gasteiger partial charge in [0.2, 0.25) is 0 Å². The minimum Gasteiger partial charge on any atom is -0.466 e. The third-order valence-electron chi connectivity index (χ3n) is 4.57. The van der Waals surface area contributed by atoms with Crippen molar-refractivity contribution >= 4 is 27.8 Å². The monoisotopic (exact) mass is 405 g/mol. The predicted molar refractivity (Wildman–Crippen MR) is 106 cm³/mol. The highest BCUT2D eigenvalue weighted by Crippen LogP contribution is 2.38. The van der Waals surface area contributed by atoms with Crippen molar-refractivity contribution in [3.05, 3.63) is 24.3 Å². The van der Waals surface area contributed by atoms with E-state index in [0.717, 1.165) is 12.0 Å². The van der Waals surface area contributed by atoms with Crippen LogP contribution in [0.25, 0.3) is 0 Å². The second-order valence-electron chi connectivity index (χ2n) is 7.29. The van der Waals surface area contributed by atoms with Crippen molar-refractivity contribution in [2.45, 2.75) is 44.7 Å². The van der Waals surface area contributed by atoms with Crippen LogP contribution < -0.4 is 0 Å². The highest BCUT2D eigenvalue weighted by Gasteiger charge is 2.36. The van der Waals surface area contributed by atoms with Gasteiger partial charge in [-0.15, -0.1) is 11.8 Å². The Kier molecular flexibility index (Phi) is 8.38. The zero-order valence-electron chi connectivity index (χ0n) is 16.6. The number of carbonyl (C=O) groups is 1. The van der Waals surface area contributed by atoms with E-state index >= 15 is 0 Å². The van der Waals surface area contributed by atoms with Crippen molar-refractivity contribution in [3.63, 3.8) is 0 Å². The molecule has 0 aliphatic carbocycles. The fourth-order valence-electron chi connectivity index (χ4n) is 2.72. The molecule has 26 heavy (non-hydrogen) atoms. The van der Waals surface area contributed by atoms with Crippen molar-refractivity contribution in [2.24, 2.45) is 11.8 Å². The van der Waals surface area contributed by atoms with E-state index in [9.17, 15) is 13.2 Å². The van der Waals surface area contributed by atoms with E-state index in [2.05, 4.69) is 36.6 Å². The Balaban J connectivity index is 3.05. The molecule has 1 rings (SSSR count). The Morgan fingerprint density at radius 2 is 1.92 bits per heavy atom. The van der Waals surface area contributed by atoms with E-state index in [4.69, 9.17) is 4.18 Å². The zero-order valence-corrected chi connectivity index (χ0v) is 18.3. The normalized spacial score (nSPS) is 23.8. The van der Waals surface area contributed by atoms with E-state index in [1.54, 1.807) is 0 Å². The largest absolute Gasteiger partial charge is 0.466 e. The maximum atomic E-state index is 11.7. The molecule has 0 N–H and O–H groups in total. The van der Waals surface area contributed by atoms with Crippen LogP contribution in [0.5, 0.6) is 0 Å². The first kappa shape index (κ1) is 23.2. The third-order valence-corrected chi connectivity index (χ3v) is 6.64. The molecule has 3 atom stereocenters. The first-order valence-electron chi connectivity index (χ1n) is 8.57. The van der Waals surface area contributed by atoms with Gasteiger partial charge in [-0.2, -0.15) is 8.42 Å². The van der Waals surface area contributed by atoms with E-state index in [1.807, 2.05) is 31.7 Å². The van der Waals surface area contributed by atoms with Gasteiger partial charge in [0.05, 0.1) is 18.2 Å². The van der Waals surface area contributed by atoms with Crippen LogP contribution in [0.15, 0.2) is 24.3 Å². The number of carbonyl (C=O) groups excluding carboxylic acids is 1. The molecule has 8 heteroatoms. The van der Waals surface area contributed by atoms with Crippen molar-refractivity contribution in [3.8, 4) is 0 Å². The Morgan fingerprint density at radius 3 is 2.35 bits per heavy atom. The summed E-state index contributed by atoms with van der Waals surface area (Å²) >= 11 is 1.88. The lowest BCUT2D eigenvalue weighted by atomic mass is 9.89. The lowest BCUT2D eigenvalue weighted by molar-refractivity contribution is -0.134. The molecule has 0 bridgehead atoms. The van der Waals surface area contributed by atoms with E-state index in [1.165, 1.54) is 19.3 Å². The maximum Gasteiger partial charge on any atom is 0.330 e. The molecule has 150 valence electrons. The lowest BCUT2D eigenvalue weighted by Gasteiger charge is -2.30. The van der Waals surface area contributed by atoms with E-state index < -0.39 is 22.2 Å². The standard InChI is InChI=1S/C18H31NO5S2/c1-13(2)15(9-8-14-12-25-18(3,4)19(14)5)16(24-26(7,21)22)10-11-17(20)23-6/h8-11,13-16H,12H2,1-7H3/b9-8+,11-10+/t14-,15+,16-/m1/s1. The lowest BCUT2D eigenvalue weighted by Crippen LogP contribution is -2.38. The van der Waals surface area contributed by atoms with Crippen molar-refractivity contribution in [1.82, 2.24) is 4.90 Å². The second kappa shape index (κ2) is 9.39. The minimum atomic E-state index is -3.67. The summed E-state index contributed by atoms with van der Waals surface area (Å²) in [6.07, 6.45) is 7.02. The molecule has 1 fully saturated rings. The maximum absolute atomic E-state index is 11.7. The van der Waals surface area contributed by atoms with Gasteiger partial charge in [-0.05, 0) is 32.9 Å². The Bertz CT molecular complexity index is 640. The molecule has 0 radical (unpaired) electrons. The number of likely N-dealkylation sites (N-methyl/N-ethyl adjacent to an activating group) is 1. The number of thioether (sulfide) groups is 1. The molecule has 0 aromatic carbocycles. The minimum absolute atomic E-state index is 0.0653. The van der Waals surface area contributed by atoms with Crippen LogP contribution in [-0.2, 0) is 23.8 Å².